The number of nitro benzene ring substituents is 1. The molecule has 8 heteroatoms. The van der Waals surface area contributed by atoms with Crippen LogP contribution >= 0.6 is 11.6 Å². The van der Waals surface area contributed by atoms with Gasteiger partial charge in [-0.2, -0.15) is 5.10 Å². The monoisotopic (exact) mass is 335 g/mol. The molecule has 2 aromatic carbocycles. The molecule has 118 valence electrons. The van der Waals surface area contributed by atoms with Gasteiger partial charge in [0.05, 0.1) is 10.6 Å². The van der Waals surface area contributed by atoms with E-state index in [9.17, 15) is 19.3 Å². The van der Waals surface area contributed by atoms with Crippen molar-refractivity contribution >= 4 is 28.9 Å². The van der Waals surface area contributed by atoms with Crippen molar-refractivity contribution in [2.75, 3.05) is 0 Å². The molecule has 0 aliphatic heterocycles. The third-order valence-corrected chi connectivity index (χ3v) is 3.31. The van der Waals surface area contributed by atoms with Crippen LogP contribution in [0.2, 0.25) is 5.02 Å². The van der Waals surface area contributed by atoms with Crippen LogP contribution in [0.3, 0.4) is 0 Å². The summed E-state index contributed by atoms with van der Waals surface area (Å²) in [4.78, 5) is 22.1. The molecule has 0 spiro atoms. The maximum Gasteiger partial charge on any atom is 0.288 e. The highest BCUT2D eigenvalue weighted by atomic mass is 35.5. The van der Waals surface area contributed by atoms with Gasteiger partial charge in [0.1, 0.15) is 10.8 Å². The molecule has 23 heavy (non-hydrogen) atoms. The van der Waals surface area contributed by atoms with Crippen LogP contribution in [-0.2, 0) is 0 Å². The Bertz CT molecular complexity index is 791. The summed E-state index contributed by atoms with van der Waals surface area (Å²) in [5.74, 6) is -0.995. The molecule has 1 amide bonds. The highest BCUT2D eigenvalue weighted by molar-refractivity contribution is 6.32. The lowest BCUT2D eigenvalue weighted by Gasteiger charge is -2.04. The third kappa shape index (κ3) is 4.10. The second kappa shape index (κ2) is 6.97. The van der Waals surface area contributed by atoms with Crippen LogP contribution in [0, 0.1) is 15.9 Å². The summed E-state index contributed by atoms with van der Waals surface area (Å²) in [5.41, 5.74) is 3.07. The van der Waals surface area contributed by atoms with Crippen LogP contribution in [0.5, 0.6) is 0 Å². The summed E-state index contributed by atoms with van der Waals surface area (Å²) in [6.07, 6.45) is 0. The molecule has 0 saturated carbocycles. The van der Waals surface area contributed by atoms with E-state index in [0.717, 1.165) is 6.07 Å². The first-order valence-electron chi connectivity index (χ1n) is 6.43. The summed E-state index contributed by atoms with van der Waals surface area (Å²) in [7, 11) is 0. The predicted octanol–water partition coefficient (Wildman–Crippen LogP) is 3.54. The van der Waals surface area contributed by atoms with Crippen LogP contribution in [0.15, 0.2) is 47.6 Å². The van der Waals surface area contributed by atoms with Gasteiger partial charge in [-0.05, 0) is 36.8 Å². The molecule has 0 radical (unpaired) electrons. The highest BCUT2D eigenvalue weighted by Crippen LogP contribution is 2.24. The second-order valence-electron chi connectivity index (χ2n) is 4.57. The molecule has 0 aliphatic carbocycles. The van der Waals surface area contributed by atoms with E-state index in [2.05, 4.69) is 10.5 Å². The first-order valence-corrected chi connectivity index (χ1v) is 6.81. The van der Waals surface area contributed by atoms with Crippen LogP contribution < -0.4 is 5.43 Å². The number of halogens is 2. The standard InChI is InChI=1S/C15H11ClFN3O3/c1-9(10-2-5-12(17)6-3-10)18-19-15(21)11-4-7-13(16)14(8-11)20(22)23/h2-8H,1H3,(H,19,21)/b18-9-. The van der Waals surface area contributed by atoms with Crippen molar-refractivity contribution in [2.45, 2.75) is 6.92 Å². The zero-order chi connectivity index (χ0) is 17.0. The number of nitrogens with one attached hydrogen (secondary N) is 1. The van der Waals surface area contributed by atoms with Crippen molar-refractivity contribution in [1.29, 1.82) is 0 Å². The van der Waals surface area contributed by atoms with Gasteiger partial charge in [0.15, 0.2) is 0 Å². The number of nitro groups is 1. The second-order valence-corrected chi connectivity index (χ2v) is 4.98. The molecular weight excluding hydrogens is 325 g/mol. The minimum Gasteiger partial charge on any atom is -0.267 e. The van der Waals surface area contributed by atoms with Crippen molar-refractivity contribution in [1.82, 2.24) is 5.43 Å². The SMILES string of the molecule is C/C(=N/NC(=O)c1ccc(Cl)c([N+](=O)[O-])c1)c1ccc(F)cc1. The molecule has 1 N–H and O–H groups in total. The first-order chi connectivity index (χ1) is 10.9. The smallest absolute Gasteiger partial charge is 0.267 e. The van der Waals surface area contributed by atoms with Gasteiger partial charge in [0.25, 0.3) is 11.6 Å². The van der Waals surface area contributed by atoms with E-state index in [-0.39, 0.29) is 22.1 Å². The van der Waals surface area contributed by atoms with Gasteiger partial charge in [0.2, 0.25) is 0 Å². The zero-order valence-corrected chi connectivity index (χ0v) is 12.7. The minimum absolute atomic E-state index is 0.0526. The van der Waals surface area contributed by atoms with Gasteiger partial charge in [-0.1, -0.05) is 23.7 Å². The van der Waals surface area contributed by atoms with Crippen LogP contribution in [-0.4, -0.2) is 16.5 Å². The van der Waals surface area contributed by atoms with Gasteiger partial charge >= 0.3 is 0 Å². The number of carbonyl (C=O) groups excluding carboxylic acids is 1. The van der Waals surface area contributed by atoms with Crippen molar-refractivity contribution < 1.29 is 14.1 Å². The Labute approximate surface area is 135 Å². The Kier molecular flexibility index (Phi) is 5.02. The summed E-state index contributed by atoms with van der Waals surface area (Å²) < 4.78 is 12.8. The molecule has 0 heterocycles. The number of benzene rings is 2. The molecule has 0 saturated heterocycles. The normalized spacial score (nSPS) is 11.2. The molecule has 0 unspecified atom stereocenters. The number of nitrogens with zero attached hydrogens (tertiary/aromatic N) is 2. The molecular formula is C15H11ClFN3O3. The van der Waals surface area contributed by atoms with Crippen molar-refractivity contribution in [3.05, 3.63) is 74.5 Å². The number of hydrogen-bond donors (Lipinski definition) is 1. The van der Waals surface area contributed by atoms with Crippen LogP contribution in [0.1, 0.15) is 22.8 Å². The molecule has 0 aliphatic rings. The number of rotatable bonds is 4. The molecule has 0 bridgehead atoms. The van der Waals surface area contributed by atoms with Crippen LogP contribution in [0.4, 0.5) is 10.1 Å². The summed E-state index contributed by atoms with van der Waals surface area (Å²) >= 11 is 5.68. The molecule has 0 atom stereocenters. The lowest BCUT2D eigenvalue weighted by Crippen LogP contribution is -2.19. The van der Waals surface area contributed by atoms with E-state index in [1.54, 1.807) is 6.92 Å². The lowest BCUT2D eigenvalue weighted by atomic mass is 10.1. The van der Waals surface area contributed by atoms with E-state index in [4.69, 9.17) is 11.6 Å². The van der Waals surface area contributed by atoms with Gasteiger partial charge in [0, 0.05) is 11.6 Å². The maximum absolute atomic E-state index is 12.8. The fraction of sp³-hybridized carbons (Fsp3) is 0.0667. The zero-order valence-electron chi connectivity index (χ0n) is 11.9. The average Bonchev–Trinajstić information content (AvgIpc) is 2.53. The Morgan fingerprint density at radius 3 is 2.43 bits per heavy atom. The van der Waals surface area contributed by atoms with Gasteiger partial charge in [-0.25, -0.2) is 9.82 Å². The fourth-order valence-electron chi connectivity index (χ4n) is 1.75. The van der Waals surface area contributed by atoms with Gasteiger partial charge in [-0.15, -0.1) is 0 Å². The Morgan fingerprint density at radius 2 is 1.83 bits per heavy atom. The quantitative estimate of drug-likeness (QED) is 0.527. The Hall–Kier alpha value is -2.80. The van der Waals surface area contributed by atoms with Crippen molar-refractivity contribution in [3.8, 4) is 0 Å². The van der Waals surface area contributed by atoms with Gasteiger partial charge < -0.3 is 0 Å². The molecule has 0 fully saturated rings. The Morgan fingerprint density at radius 1 is 1.22 bits per heavy atom. The first kappa shape index (κ1) is 16.6. The maximum atomic E-state index is 12.8. The lowest BCUT2D eigenvalue weighted by molar-refractivity contribution is -0.384. The number of hydrazone groups is 1. The number of carbonyl (C=O) groups is 1. The molecule has 2 rings (SSSR count). The number of amides is 1. The summed E-state index contributed by atoms with van der Waals surface area (Å²) in [5, 5.41) is 14.6. The molecule has 0 aromatic heterocycles. The Balaban J connectivity index is 2.16. The largest absolute Gasteiger partial charge is 0.288 e. The third-order valence-electron chi connectivity index (χ3n) is 2.99. The van der Waals surface area contributed by atoms with E-state index >= 15 is 0 Å². The fourth-order valence-corrected chi connectivity index (χ4v) is 1.94. The predicted molar refractivity (Wildman–Crippen MR) is 84.2 cm³/mol. The molecule has 2 aromatic rings. The van der Waals surface area contributed by atoms with E-state index < -0.39 is 10.8 Å². The topological polar surface area (TPSA) is 84.6 Å². The average molecular weight is 336 g/mol. The van der Waals surface area contributed by atoms with Crippen LogP contribution in [0.25, 0.3) is 0 Å². The van der Waals surface area contributed by atoms with E-state index in [0.29, 0.717) is 11.3 Å². The van der Waals surface area contributed by atoms with Crippen molar-refractivity contribution in [2.24, 2.45) is 5.10 Å². The van der Waals surface area contributed by atoms with Gasteiger partial charge in [-0.3, -0.25) is 14.9 Å². The number of hydrogen-bond acceptors (Lipinski definition) is 4. The molecule has 6 nitrogen and oxygen atoms in total. The van der Waals surface area contributed by atoms with Crippen molar-refractivity contribution in [3.63, 3.8) is 0 Å². The van der Waals surface area contributed by atoms with E-state index in [1.165, 1.54) is 36.4 Å². The summed E-state index contributed by atoms with van der Waals surface area (Å²) in [6.45, 7) is 1.64. The highest BCUT2D eigenvalue weighted by Gasteiger charge is 2.16. The summed E-state index contributed by atoms with van der Waals surface area (Å²) in [6, 6.07) is 9.29. The minimum atomic E-state index is -0.674. The van der Waals surface area contributed by atoms with E-state index in [1.807, 2.05) is 0 Å².